The number of carbonyl (C=O) groups is 1. The molecule has 1 amide bonds. The fourth-order valence-electron chi connectivity index (χ4n) is 2.52. The number of methoxy groups -OCH3 is 1. The van der Waals surface area contributed by atoms with Crippen molar-refractivity contribution < 1.29 is 19.4 Å². The van der Waals surface area contributed by atoms with Crippen LogP contribution in [-0.4, -0.2) is 24.7 Å². The highest BCUT2D eigenvalue weighted by molar-refractivity contribution is 9.10. The summed E-state index contributed by atoms with van der Waals surface area (Å²) >= 11 is 3.44. The Balaban J connectivity index is 1.55. The Morgan fingerprint density at radius 2 is 1.85 bits per heavy atom. The number of fused-ring (bicyclic) bond motifs is 1. The van der Waals surface area contributed by atoms with Crippen molar-refractivity contribution in [3.05, 3.63) is 64.6 Å². The molecule has 6 heteroatoms. The average molecular weight is 416 g/mol. The lowest BCUT2D eigenvalue weighted by molar-refractivity contribution is -0.123. The number of phenolic OH excluding ortho intramolecular Hbond substituents is 1. The lowest BCUT2D eigenvalue weighted by Crippen LogP contribution is -2.28. The molecule has 2 N–H and O–H groups in total. The van der Waals surface area contributed by atoms with Crippen LogP contribution in [0.15, 0.2) is 59.1 Å². The van der Waals surface area contributed by atoms with Crippen LogP contribution < -0.4 is 14.8 Å². The van der Waals surface area contributed by atoms with Crippen molar-refractivity contribution in [1.82, 2.24) is 5.32 Å². The summed E-state index contributed by atoms with van der Waals surface area (Å²) in [5.41, 5.74) is 0.823. The second kappa shape index (κ2) is 8.10. The summed E-state index contributed by atoms with van der Waals surface area (Å²) in [6.45, 7) is 0.252. The molecular weight excluding hydrogens is 398 g/mol. The first kappa shape index (κ1) is 18.1. The van der Waals surface area contributed by atoms with Crippen molar-refractivity contribution in [3.63, 3.8) is 0 Å². The summed E-state index contributed by atoms with van der Waals surface area (Å²) in [5, 5.41) is 14.5. The number of benzene rings is 3. The first-order chi connectivity index (χ1) is 12.5. The number of carbonyl (C=O) groups excluding carboxylic acids is 1. The fourth-order valence-corrected chi connectivity index (χ4v) is 2.90. The number of halogens is 1. The summed E-state index contributed by atoms with van der Waals surface area (Å²) in [6, 6.07) is 16.6. The third kappa shape index (κ3) is 4.46. The van der Waals surface area contributed by atoms with Crippen molar-refractivity contribution in [2.24, 2.45) is 0 Å². The zero-order valence-corrected chi connectivity index (χ0v) is 15.7. The van der Waals surface area contributed by atoms with Crippen molar-refractivity contribution in [2.75, 3.05) is 13.7 Å². The van der Waals surface area contributed by atoms with Gasteiger partial charge in [-0.05, 0) is 52.7 Å². The number of nitrogens with one attached hydrogen (secondary N) is 1. The van der Waals surface area contributed by atoms with Crippen molar-refractivity contribution >= 4 is 32.6 Å². The number of ether oxygens (including phenoxy) is 2. The number of hydrogen-bond acceptors (Lipinski definition) is 4. The molecule has 0 saturated heterocycles. The van der Waals surface area contributed by atoms with Gasteiger partial charge in [0, 0.05) is 11.0 Å². The predicted octanol–water partition coefficient (Wildman–Crippen LogP) is 4.01. The van der Waals surface area contributed by atoms with Gasteiger partial charge in [-0.3, -0.25) is 4.79 Å². The van der Waals surface area contributed by atoms with Gasteiger partial charge in [0.15, 0.2) is 18.1 Å². The Morgan fingerprint density at radius 1 is 1.08 bits per heavy atom. The molecule has 0 heterocycles. The van der Waals surface area contributed by atoms with E-state index < -0.39 is 0 Å². The van der Waals surface area contributed by atoms with E-state index in [0.717, 1.165) is 20.8 Å². The molecule has 0 aliphatic carbocycles. The molecule has 0 atom stereocenters. The smallest absolute Gasteiger partial charge is 0.258 e. The zero-order valence-electron chi connectivity index (χ0n) is 14.2. The maximum Gasteiger partial charge on any atom is 0.258 e. The van der Waals surface area contributed by atoms with Crippen LogP contribution in [0.1, 0.15) is 5.56 Å². The molecule has 3 aromatic carbocycles. The summed E-state index contributed by atoms with van der Waals surface area (Å²) in [7, 11) is 1.48. The highest BCUT2D eigenvalue weighted by atomic mass is 79.9. The maximum absolute atomic E-state index is 12.0. The van der Waals surface area contributed by atoms with Crippen LogP contribution in [0, 0.1) is 0 Å². The van der Waals surface area contributed by atoms with Gasteiger partial charge < -0.3 is 19.9 Å². The monoisotopic (exact) mass is 415 g/mol. The first-order valence-corrected chi connectivity index (χ1v) is 8.79. The minimum atomic E-state index is -0.229. The molecule has 0 radical (unpaired) electrons. The average Bonchev–Trinajstić information content (AvgIpc) is 2.65. The van der Waals surface area contributed by atoms with E-state index in [4.69, 9.17) is 9.47 Å². The lowest BCUT2D eigenvalue weighted by atomic mass is 10.1. The molecule has 0 aliphatic rings. The van der Waals surface area contributed by atoms with Gasteiger partial charge in [-0.1, -0.05) is 34.1 Å². The molecule has 0 spiro atoms. The predicted molar refractivity (Wildman–Crippen MR) is 104 cm³/mol. The van der Waals surface area contributed by atoms with Crippen LogP contribution in [0.25, 0.3) is 10.8 Å². The fraction of sp³-hybridized carbons (Fsp3) is 0.150. The SMILES string of the molecule is COc1cc(CNC(=O)COc2ccc3cc(Br)ccc3c2)ccc1O. The molecule has 5 nitrogen and oxygen atoms in total. The van der Waals surface area contributed by atoms with Gasteiger partial charge >= 0.3 is 0 Å². The molecule has 0 unspecified atom stereocenters. The third-order valence-corrected chi connectivity index (χ3v) is 4.37. The van der Waals surface area contributed by atoms with Gasteiger partial charge in [-0.15, -0.1) is 0 Å². The molecule has 0 bridgehead atoms. The van der Waals surface area contributed by atoms with Gasteiger partial charge in [-0.2, -0.15) is 0 Å². The Labute approximate surface area is 159 Å². The minimum Gasteiger partial charge on any atom is -0.504 e. The quantitative estimate of drug-likeness (QED) is 0.637. The van der Waals surface area contributed by atoms with E-state index in [-0.39, 0.29) is 18.3 Å². The number of hydrogen-bond donors (Lipinski definition) is 2. The van der Waals surface area contributed by atoms with E-state index in [0.29, 0.717) is 18.0 Å². The normalized spacial score (nSPS) is 10.5. The standard InChI is InChI=1S/C20H18BrNO4/c1-25-19-8-13(2-7-18(19)23)11-22-20(24)12-26-17-6-4-14-9-16(21)5-3-15(14)10-17/h2-10,23H,11-12H2,1H3,(H,22,24). The number of rotatable bonds is 6. The van der Waals surface area contributed by atoms with E-state index in [2.05, 4.69) is 21.2 Å². The van der Waals surface area contributed by atoms with Crippen LogP contribution in [0.5, 0.6) is 17.2 Å². The molecule has 3 rings (SSSR count). The van der Waals surface area contributed by atoms with E-state index in [1.807, 2.05) is 36.4 Å². The second-order valence-corrected chi connectivity index (χ2v) is 6.64. The zero-order chi connectivity index (χ0) is 18.5. The number of aromatic hydroxyl groups is 1. The summed E-state index contributed by atoms with van der Waals surface area (Å²) < 4.78 is 11.6. The Morgan fingerprint density at radius 3 is 2.65 bits per heavy atom. The Bertz CT molecular complexity index is 942. The highest BCUT2D eigenvalue weighted by Gasteiger charge is 2.06. The van der Waals surface area contributed by atoms with Gasteiger partial charge in [-0.25, -0.2) is 0 Å². The minimum absolute atomic E-state index is 0.0641. The first-order valence-electron chi connectivity index (χ1n) is 8.00. The van der Waals surface area contributed by atoms with Crippen LogP contribution in [0.2, 0.25) is 0 Å². The molecule has 3 aromatic rings. The van der Waals surface area contributed by atoms with E-state index in [1.54, 1.807) is 12.1 Å². The molecule has 0 fully saturated rings. The topological polar surface area (TPSA) is 67.8 Å². The molecule has 26 heavy (non-hydrogen) atoms. The highest BCUT2D eigenvalue weighted by Crippen LogP contribution is 2.26. The summed E-state index contributed by atoms with van der Waals surface area (Å²) in [4.78, 5) is 12.0. The molecular formula is C20H18BrNO4. The van der Waals surface area contributed by atoms with Crippen molar-refractivity contribution in [1.29, 1.82) is 0 Å². The third-order valence-electron chi connectivity index (χ3n) is 3.88. The summed E-state index contributed by atoms with van der Waals surface area (Å²) in [6.07, 6.45) is 0. The molecule has 0 aromatic heterocycles. The van der Waals surface area contributed by atoms with Crippen LogP contribution in [0.3, 0.4) is 0 Å². The second-order valence-electron chi connectivity index (χ2n) is 5.72. The van der Waals surface area contributed by atoms with E-state index >= 15 is 0 Å². The van der Waals surface area contributed by atoms with E-state index in [9.17, 15) is 9.90 Å². The molecule has 0 aliphatic heterocycles. The van der Waals surface area contributed by atoms with Gasteiger partial charge in [0.25, 0.3) is 5.91 Å². The Kier molecular flexibility index (Phi) is 5.63. The van der Waals surface area contributed by atoms with Crippen LogP contribution in [-0.2, 0) is 11.3 Å². The summed E-state index contributed by atoms with van der Waals surface area (Å²) in [5.74, 6) is 0.847. The van der Waals surface area contributed by atoms with Crippen molar-refractivity contribution in [2.45, 2.75) is 6.54 Å². The lowest BCUT2D eigenvalue weighted by Gasteiger charge is -2.10. The largest absolute Gasteiger partial charge is 0.504 e. The van der Waals surface area contributed by atoms with Gasteiger partial charge in [0.1, 0.15) is 5.75 Å². The number of amides is 1. The van der Waals surface area contributed by atoms with Crippen molar-refractivity contribution in [3.8, 4) is 17.2 Å². The van der Waals surface area contributed by atoms with E-state index in [1.165, 1.54) is 13.2 Å². The Hall–Kier alpha value is -2.73. The van der Waals surface area contributed by atoms with Crippen LogP contribution >= 0.6 is 15.9 Å². The number of phenols is 1. The van der Waals surface area contributed by atoms with Crippen LogP contribution in [0.4, 0.5) is 0 Å². The van der Waals surface area contributed by atoms with Gasteiger partial charge in [0.2, 0.25) is 0 Å². The molecule has 134 valence electrons. The molecule has 0 saturated carbocycles. The van der Waals surface area contributed by atoms with Gasteiger partial charge in [0.05, 0.1) is 7.11 Å². The maximum atomic E-state index is 12.0.